The van der Waals surface area contributed by atoms with Crippen LogP contribution in [-0.2, 0) is 5.41 Å². The molecule has 0 unspecified atom stereocenters. The van der Waals surface area contributed by atoms with Crippen LogP contribution < -0.4 is 10.6 Å². The average molecular weight is 200 g/mol. The number of anilines is 1. The number of rotatable bonds is 2. The zero-order chi connectivity index (χ0) is 10.3. The van der Waals surface area contributed by atoms with E-state index in [1.54, 1.807) is 0 Å². The maximum Gasteiger partial charge on any atom is 0.0871 e. The Balaban J connectivity index is 2.12. The fraction of sp³-hybridized carbons (Fsp3) is 0.385. The van der Waals surface area contributed by atoms with Gasteiger partial charge in [-0.1, -0.05) is 24.3 Å². The molecule has 0 amide bonds. The van der Waals surface area contributed by atoms with Crippen LogP contribution in [0.1, 0.15) is 18.4 Å². The van der Waals surface area contributed by atoms with E-state index < -0.39 is 0 Å². The number of allylic oxidation sites excluding steroid dienone is 1. The van der Waals surface area contributed by atoms with Crippen molar-refractivity contribution in [2.75, 3.05) is 11.9 Å². The Morgan fingerprint density at radius 2 is 2.33 bits per heavy atom. The molecule has 2 heteroatoms. The molecule has 1 fully saturated rings. The second kappa shape index (κ2) is 3.11. The van der Waals surface area contributed by atoms with Gasteiger partial charge in [0, 0.05) is 11.1 Å². The lowest BCUT2D eigenvalue weighted by molar-refractivity contribution is 0.424. The summed E-state index contributed by atoms with van der Waals surface area (Å²) in [5, 5.41) is 7.10. The third-order valence-electron chi connectivity index (χ3n) is 3.74. The highest BCUT2D eigenvalue weighted by atomic mass is 15.2. The Morgan fingerprint density at radius 1 is 1.47 bits per heavy atom. The van der Waals surface area contributed by atoms with Crippen LogP contribution in [0, 0.1) is 0 Å². The monoisotopic (exact) mass is 200 g/mol. The van der Waals surface area contributed by atoms with Crippen molar-refractivity contribution in [3.8, 4) is 0 Å². The van der Waals surface area contributed by atoms with Crippen LogP contribution in [0.5, 0.6) is 0 Å². The molecular weight excluding hydrogens is 184 g/mol. The second-order valence-electron chi connectivity index (χ2n) is 4.48. The predicted molar refractivity (Wildman–Crippen MR) is 63.0 cm³/mol. The molecule has 2 heterocycles. The Morgan fingerprint density at radius 3 is 3.20 bits per heavy atom. The number of hydrogen-bond acceptors (Lipinski definition) is 2. The number of hydrogen-bond donors (Lipinski definition) is 2. The van der Waals surface area contributed by atoms with Gasteiger partial charge in [-0.25, -0.2) is 0 Å². The Bertz CT molecular complexity index is 399. The minimum atomic E-state index is 0.248. The van der Waals surface area contributed by atoms with Crippen LogP contribution in [-0.4, -0.2) is 12.7 Å². The van der Waals surface area contributed by atoms with Gasteiger partial charge in [0.2, 0.25) is 0 Å². The lowest BCUT2D eigenvalue weighted by atomic mass is 9.76. The fourth-order valence-electron chi connectivity index (χ4n) is 3.04. The topological polar surface area (TPSA) is 24.1 Å². The van der Waals surface area contributed by atoms with Gasteiger partial charge in [-0.2, -0.15) is 0 Å². The van der Waals surface area contributed by atoms with Gasteiger partial charge in [0.1, 0.15) is 0 Å². The molecule has 0 saturated carbocycles. The number of nitrogens with one attached hydrogen (secondary N) is 2. The highest BCUT2D eigenvalue weighted by Gasteiger charge is 2.48. The van der Waals surface area contributed by atoms with E-state index in [9.17, 15) is 0 Å². The molecule has 15 heavy (non-hydrogen) atoms. The highest BCUT2D eigenvalue weighted by molar-refractivity contribution is 5.62. The van der Waals surface area contributed by atoms with E-state index in [1.165, 1.54) is 17.7 Å². The molecule has 1 aromatic carbocycles. The molecule has 1 saturated heterocycles. The summed E-state index contributed by atoms with van der Waals surface area (Å²) in [5.41, 5.74) is 3.00. The first-order valence-corrected chi connectivity index (χ1v) is 5.57. The van der Waals surface area contributed by atoms with Crippen LogP contribution >= 0.6 is 0 Å². The Labute approximate surface area is 90.4 Å². The zero-order valence-corrected chi connectivity index (χ0v) is 8.79. The molecule has 2 atom stereocenters. The van der Waals surface area contributed by atoms with Crippen molar-refractivity contribution < 1.29 is 0 Å². The van der Waals surface area contributed by atoms with Gasteiger partial charge in [-0.3, -0.25) is 5.32 Å². The van der Waals surface area contributed by atoms with Gasteiger partial charge >= 0.3 is 0 Å². The number of benzene rings is 1. The number of fused-ring (bicyclic) bond motifs is 3. The van der Waals surface area contributed by atoms with Gasteiger partial charge in [-0.15, -0.1) is 6.58 Å². The quantitative estimate of drug-likeness (QED) is 0.715. The highest BCUT2D eigenvalue weighted by Crippen LogP contribution is 2.47. The molecule has 2 nitrogen and oxygen atoms in total. The summed E-state index contributed by atoms with van der Waals surface area (Å²) in [4.78, 5) is 0. The van der Waals surface area contributed by atoms with Gasteiger partial charge in [0.05, 0.1) is 6.17 Å². The summed E-state index contributed by atoms with van der Waals surface area (Å²) in [7, 11) is 0. The molecule has 0 radical (unpaired) electrons. The van der Waals surface area contributed by atoms with Crippen LogP contribution in [0.2, 0.25) is 0 Å². The van der Waals surface area contributed by atoms with E-state index in [-0.39, 0.29) is 5.41 Å². The van der Waals surface area contributed by atoms with E-state index in [1.807, 2.05) is 6.08 Å². The maximum atomic E-state index is 3.90. The molecule has 2 aliphatic heterocycles. The summed E-state index contributed by atoms with van der Waals surface area (Å²) < 4.78 is 0. The third-order valence-corrected chi connectivity index (χ3v) is 3.74. The van der Waals surface area contributed by atoms with Crippen molar-refractivity contribution in [3.05, 3.63) is 42.5 Å². The van der Waals surface area contributed by atoms with E-state index in [0.29, 0.717) is 6.17 Å². The SMILES string of the molecule is C=CC[C@]12CCN[C@@H]1Nc1ccccc12. The Hall–Kier alpha value is -1.28. The van der Waals surface area contributed by atoms with E-state index in [4.69, 9.17) is 0 Å². The lowest BCUT2D eigenvalue weighted by Crippen LogP contribution is -2.40. The second-order valence-corrected chi connectivity index (χ2v) is 4.48. The molecule has 0 bridgehead atoms. The van der Waals surface area contributed by atoms with E-state index in [0.717, 1.165) is 13.0 Å². The van der Waals surface area contributed by atoms with Crippen LogP contribution in [0.3, 0.4) is 0 Å². The molecule has 0 aliphatic carbocycles. The van der Waals surface area contributed by atoms with Gasteiger partial charge in [0.15, 0.2) is 0 Å². The summed E-state index contributed by atoms with van der Waals surface area (Å²) in [6.07, 6.45) is 4.69. The minimum absolute atomic E-state index is 0.248. The average Bonchev–Trinajstić information content (AvgIpc) is 2.74. The molecule has 78 valence electrons. The van der Waals surface area contributed by atoms with Crippen molar-refractivity contribution >= 4 is 5.69 Å². The molecule has 1 aromatic rings. The standard InChI is InChI=1S/C13H16N2/c1-2-7-13-8-9-14-12(13)15-11-6-4-3-5-10(11)13/h2-6,12,14-15H,1,7-9H2/t12-,13-/m1/s1. The first-order chi connectivity index (χ1) is 7.37. The summed E-state index contributed by atoms with van der Waals surface area (Å²) >= 11 is 0. The van der Waals surface area contributed by atoms with Crippen molar-refractivity contribution in [1.82, 2.24) is 5.32 Å². The third kappa shape index (κ3) is 1.08. The Kier molecular flexibility index (Phi) is 1.86. The summed E-state index contributed by atoms with van der Waals surface area (Å²) in [6, 6.07) is 8.64. The van der Waals surface area contributed by atoms with E-state index >= 15 is 0 Å². The van der Waals surface area contributed by atoms with Gasteiger partial charge in [-0.05, 0) is 31.0 Å². The first-order valence-electron chi connectivity index (χ1n) is 5.57. The maximum absolute atomic E-state index is 3.90. The van der Waals surface area contributed by atoms with Crippen molar-refractivity contribution in [3.63, 3.8) is 0 Å². The molecular formula is C13H16N2. The fourth-order valence-corrected chi connectivity index (χ4v) is 3.04. The first kappa shape index (κ1) is 8.98. The molecule has 2 aliphatic rings. The van der Waals surface area contributed by atoms with Gasteiger partial charge in [0.25, 0.3) is 0 Å². The van der Waals surface area contributed by atoms with Crippen molar-refractivity contribution in [1.29, 1.82) is 0 Å². The molecule has 0 aromatic heterocycles. The minimum Gasteiger partial charge on any atom is -0.369 e. The smallest absolute Gasteiger partial charge is 0.0871 e. The molecule has 2 N–H and O–H groups in total. The van der Waals surface area contributed by atoms with Crippen molar-refractivity contribution in [2.24, 2.45) is 0 Å². The summed E-state index contributed by atoms with van der Waals surface area (Å²) in [5.74, 6) is 0. The van der Waals surface area contributed by atoms with E-state index in [2.05, 4.69) is 41.5 Å². The number of para-hydroxylation sites is 1. The van der Waals surface area contributed by atoms with Crippen molar-refractivity contribution in [2.45, 2.75) is 24.4 Å². The largest absolute Gasteiger partial charge is 0.369 e. The molecule has 0 spiro atoms. The normalized spacial score (nSPS) is 31.9. The van der Waals surface area contributed by atoms with Crippen LogP contribution in [0.25, 0.3) is 0 Å². The van der Waals surface area contributed by atoms with Gasteiger partial charge < -0.3 is 5.32 Å². The summed E-state index contributed by atoms with van der Waals surface area (Å²) in [6.45, 7) is 4.99. The molecule has 3 rings (SSSR count). The predicted octanol–water partition coefficient (Wildman–Crippen LogP) is 2.25. The van der Waals surface area contributed by atoms with Crippen LogP contribution in [0.15, 0.2) is 36.9 Å². The lowest BCUT2D eigenvalue weighted by Gasteiger charge is -2.27. The van der Waals surface area contributed by atoms with Crippen LogP contribution in [0.4, 0.5) is 5.69 Å². The zero-order valence-electron chi connectivity index (χ0n) is 8.79.